The van der Waals surface area contributed by atoms with Crippen LogP contribution in [0.2, 0.25) is 0 Å². The molecule has 96 valence electrons. The molecule has 2 heterocycles. The molecule has 2 aliphatic rings. The Balaban J connectivity index is 1.89. The van der Waals surface area contributed by atoms with E-state index in [0.717, 1.165) is 11.1 Å². The van der Waals surface area contributed by atoms with Crippen molar-refractivity contribution >= 4 is 0 Å². The molecule has 0 amide bonds. The van der Waals surface area contributed by atoms with E-state index in [1.165, 1.54) is 5.56 Å². The molecule has 3 atom stereocenters. The van der Waals surface area contributed by atoms with E-state index in [1.807, 2.05) is 48.5 Å². The molecule has 2 bridgehead atoms. The minimum atomic E-state index is -0.833. The summed E-state index contributed by atoms with van der Waals surface area (Å²) in [6.07, 6.45) is -0.437. The second kappa shape index (κ2) is 3.90. The van der Waals surface area contributed by atoms with E-state index in [0.29, 0.717) is 0 Å². The first-order valence-corrected chi connectivity index (χ1v) is 6.48. The molecule has 0 N–H and O–H groups in total. The molecular formula is C16H14O3. The first-order chi connectivity index (χ1) is 9.31. The number of benzene rings is 2. The highest BCUT2D eigenvalue weighted by atomic mass is 17.3. The lowest BCUT2D eigenvalue weighted by Crippen LogP contribution is -2.36. The summed E-state index contributed by atoms with van der Waals surface area (Å²) in [4.78, 5) is 11.0. The van der Waals surface area contributed by atoms with Crippen LogP contribution < -0.4 is 0 Å². The van der Waals surface area contributed by atoms with Crippen molar-refractivity contribution in [2.24, 2.45) is 0 Å². The molecule has 2 aromatic carbocycles. The van der Waals surface area contributed by atoms with E-state index >= 15 is 0 Å². The Kier molecular flexibility index (Phi) is 2.30. The summed E-state index contributed by atoms with van der Waals surface area (Å²) in [5.74, 6) is -0.759. The van der Waals surface area contributed by atoms with Gasteiger partial charge in [-0.2, -0.15) is 9.78 Å². The normalized spacial score (nSPS) is 32.1. The van der Waals surface area contributed by atoms with Crippen LogP contribution in [0.15, 0.2) is 54.6 Å². The first kappa shape index (κ1) is 11.2. The zero-order chi connectivity index (χ0) is 12.9. The van der Waals surface area contributed by atoms with Crippen molar-refractivity contribution in [1.29, 1.82) is 0 Å². The van der Waals surface area contributed by atoms with E-state index in [9.17, 15) is 0 Å². The quantitative estimate of drug-likeness (QED) is 0.727. The standard InChI is InChI=1S/C16H14O3/c1-11-13-9-5-6-10-14(13)15-17-16(11,19-18-15)12-7-3-2-4-8-12/h2-11,15H,1H3/t11?,15-,16-/m0/s1. The Morgan fingerprint density at radius 2 is 1.58 bits per heavy atom. The fourth-order valence-electron chi connectivity index (χ4n) is 2.96. The summed E-state index contributed by atoms with van der Waals surface area (Å²) < 4.78 is 6.07. The molecule has 2 aromatic rings. The Hall–Kier alpha value is -1.68. The van der Waals surface area contributed by atoms with Crippen LogP contribution in [0, 0.1) is 0 Å². The zero-order valence-corrected chi connectivity index (χ0v) is 10.6. The maximum atomic E-state index is 6.07. The fourth-order valence-corrected chi connectivity index (χ4v) is 2.96. The van der Waals surface area contributed by atoms with Crippen molar-refractivity contribution in [1.82, 2.24) is 0 Å². The van der Waals surface area contributed by atoms with Gasteiger partial charge in [0.1, 0.15) is 0 Å². The average Bonchev–Trinajstić information content (AvgIpc) is 2.89. The van der Waals surface area contributed by atoms with Gasteiger partial charge in [-0.15, -0.1) is 0 Å². The molecule has 2 aliphatic heterocycles. The Labute approximate surface area is 111 Å². The molecule has 3 heteroatoms. The molecule has 4 rings (SSSR count). The lowest BCUT2D eigenvalue weighted by molar-refractivity contribution is -0.339. The Morgan fingerprint density at radius 3 is 2.37 bits per heavy atom. The van der Waals surface area contributed by atoms with Gasteiger partial charge in [0.2, 0.25) is 12.1 Å². The Morgan fingerprint density at radius 1 is 0.895 bits per heavy atom. The van der Waals surface area contributed by atoms with Gasteiger partial charge in [-0.3, -0.25) is 0 Å². The van der Waals surface area contributed by atoms with Crippen molar-refractivity contribution in [3.8, 4) is 0 Å². The number of ether oxygens (including phenoxy) is 1. The summed E-state index contributed by atoms with van der Waals surface area (Å²) >= 11 is 0. The molecule has 0 saturated carbocycles. The highest BCUT2D eigenvalue weighted by molar-refractivity contribution is 5.38. The third-order valence-corrected chi connectivity index (χ3v) is 4.00. The van der Waals surface area contributed by atoms with Gasteiger partial charge in [-0.05, 0) is 5.56 Å². The minimum absolute atomic E-state index is 0.0739. The number of fused-ring (bicyclic) bond motifs is 4. The van der Waals surface area contributed by atoms with Crippen LogP contribution in [0.1, 0.15) is 35.8 Å². The van der Waals surface area contributed by atoms with Crippen LogP contribution in [0.3, 0.4) is 0 Å². The van der Waals surface area contributed by atoms with Crippen LogP contribution in [0.5, 0.6) is 0 Å². The molecule has 19 heavy (non-hydrogen) atoms. The van der Waals surface area contributed by atoms with E-state index in [4.69, 9.17) is 14.5 Å². The molecule has 1 fully saturated rings. The molecule has 0 radical (unpaired) electrons. The average molecular weight is 254 g/mol. The summed E-state index contributed by atoms with van der Waals surface area (Å²) in [6.45, 7) is 2.11. The van der Waals surface area contributed by atoms with Crippen LogP contribution in [-0.4, -0.2) is 0 Å². The van der Waals surface area contributed by atoms with Gasteiger partial charge < -0.3 is 4.74 Å². The molecule has 0 aromatic heterocycles. The number of hydrogen-bond donors (Lipinski definition) is 0. The highest BCUT2D eigenvalue weighted by Crippen LogP contribution is 2.55. The van der Waals surface area contributed by atoms with Crippen LogP contribution >= 0.6 is 0 Å². The topological polar surface area (TPSA) is 27.7 Å². The van der Waals surface area contributed by atoms with Gasteiger partial charge in [0.05, 0.1) is 0 Å². The highest BCUT2D eigenvalue weighted by Gasteiger charge is 2.55. The fraction of sp³-hybridized carbons (Fsp3) is 0.250. The molecule has 1 unspecified atom stereocenters. The Bertz CT molecular complexity index is 610. The van der Waals surface area contributed by atoms with E-state index in [2.05, 4.69) is 13.0 Å². The monoisotopic (exact) mass is 254 g/mol. The van der Waals surface area contributed by atoms with Gasteiger partial charge in [0, 0.05) is 17.0 Å². The third kappa shape index (κ3) is 1.43. The third-order valence-electron chi connectivity index (χ3n) is 4.00. The van der Waals surface area contributed by atoms with Crippen LogP contribution in [0.4, 0.5) is 0 Å². The molecule has 1 saturated heterocycles. The summed E-state index contributed by atoms with van der Waals surface area (Å²) in [5, 5.41) is 0. The molecule has 0 aliphatic carbocycles. The summed E-state index contributed by atoms with van der Waals surface area (Å²) in [5.41, 5.74) is 3.26. The zero-order valence-electron chi connectivity index (χ0n) is 10.6. The molecular weight excluding hydrogens is 240 g/mol. The molecule has 0 spiro atoms. The van der Waals surface area contributed by atoms with Crippen molar-refractivity contribution in [2.75, 3.05) is 0 Å². The van der Waals surface area contributed by atoms with Crippen molar-refractivity contribution in [2.45, 2.75) is 24.9 Å². The second-order valence-corrected chi connectivity index (χ2v) is 5.01. The van der Waals surface area contributed by atoms with E-state index in [-0.39, 0.29) is 5.92 Å². The number of hydrogen-bond acceptors (Lipinski definition) is 3. The SMILES string of the molecule is CC1c2ccccc2[C@@H]2OO[C@@]1(c1ccccc1)O2. The van der Waals surface area contributed by atoms with Gasteiger partial charge in [0.15, 0.2) is 0 Å². The maximum Gasteiger partial charge on any atom is 0.237 e. The lowest BCUT2D eigenvalue weighted by atomic mass is 9.83. The molecule has 3 nitrogen and oxygen atoms in total. The van der Waals surface area contributed by atoms with Crippen molar-refractivity contribution in [3.05, 3.63) is 71.3 Å². The van der Waals surface area contributed by atoms with Gasteiger partial charge >= 0.3 is 0 Å². The first-order valence-electron chi connectivity index (χ1n) is 6.48. The lowest BCUT2D eigenvalue weighted by Gasteiger charge is -2.36. The summed E-state index contributed by atoms with van der Waals surface area (Å²) in [6, 6.07) is 18.1. The van der Waals surface area contributed by atoms with Gasteiger partial charge in [-0.1, -0.05) is 61.5 Å². The predicted octanol–water partition coefficient (Wildman–Crippen LogP) is 3.63. The van der Waals surface area contributed by atoms with Gasteiger partial charge in [0.25, 0.3) is 0 Å². The van der Waals surface area contributed by atoms with E-state index < -0.39 is 12.1 Å². The van der Waals surface area contributed by atoms with Crippen molar-refractivity contribution in [3.63, 3.8) is 0 Å². The maximum absolute atomic E-state index is 6.07. The largest absolute Gasteiger partial charge is 0.306 e. The number of rotatable bonds is 1. The van der Waals surface area contributed by atoms with Crippen LogP contribution in [0.25, 0.3) is 0 Å². The predicted molar refractivity (Wildman–Crippen MR) is 69.0 cm³/mol. The van der Waals surface area contributed by atoms with Gasteiger partial charge in [-0.25, -0.2) is 0 Å². The second-order valence-electron chi connectivity index (χ2n) is 5.01. The van der Waals surface area contributed by atoms with Crippen LogP contribution in [-0.2, 0) is 20.3 Å². The van der Waals surface area contributed by atoms with Crippen molar-refractivity contribution < 1.29 is 14.5 Å². The minimum Gasteiger partial charge on any atom is -0.306 e. The summed E-state index contributed by atoms with van der Waals surface area (Å²) in [7, 11) is 0. The smallest absolute Gasteiger partial charge is 0.237 e. The van der Waals surface area contributed by atoms with E-state index in [1.54, 1.807) is 0 Å².